The van der Waals surface area contributed by atoms with Gasteiger partial charge in [0, 0.05) is 12.5 Å². The molecule has 11 nitrogen and oxygen atoms in total. The van der Waals surface area contributed by atoms with Crippen molar-refractivity contribution in [1.29, 1.82) is 0 Å². The smallest absolute Gasteiger partial charge is 0.408 e. The first-order chi connectivity index (χ1) is 20.2. The van der Waals surface area contributed by atoms with Crippen molar-refractivity contribution >= 4 is 29.0 Å². The highest BCUT2D eigenvalue weighted by molar-refractivity contribution is 5.90. The molecule has 5 atom stereocenters. The topological polar surface area (TPSA) is 140 Å². The maximum absolute atomic E-state index is 13.8. The van der Waals surface area contributed by atoms with Gasteiger partial charge in [-0.25, -0.2) is 19.6 Å². The molecule has 0 spiro atoms. The number of methoxy groups -OCH3 is 1. The molecule has 1 saturated carbocycles. The van der Waals surface area contributed by atoms with Crippen LogP contribution in [0.1, 0.15) is 69.1 Å². The Morgan fingerprint density at radius 1 is 1.15 bits per heavy atom. The lowest BCUT2D eigenvalue weighted by atomic mass is 9.85. The summed E-state index contributed by atoms with van der Waals surface area (Å²) in [6.07, 6.45) is 3.33. The molecule has 2 aliphatic heterocycles. The second kappa shape index (κ2) is 11.1. The summed E-state index contributed by atoms with van der Waals surface area (Å²) < 4.78 is 39.1. The number of aromatic nitrogens is 2. The van der Waals surface area contributed by atoms with Crippen LogP contribution >= 0.6 is 0 Å². The van der Waals surface area contributed by atoms with E-state index in [1.807, 2.05) is 0 Å². The summed E-state index contributed by atoms with van der Waals surface area (Å²) in [6, 6.07) is 2.43. The summed E-state index contributed by atoms with van der Waals surface area (Å²) in [7, 11) is -2.64. The van der Waals surface area contributed by atoms with Gasteiger partial charge in [-0.05, 0) is 49.1 Å². The predicted molar refractivity (Wildman–Crippen MR) is 145 cm³/mol. The van der Waals surface area contributed by atoms with Crippen molar-refractivity contribution in [3.8, 4) is 11.6 Å². The summed E-state index contributed by atoms with van der Waals surface area (Å²) in [5.74, 6) is -1.14. The van der Waals surface area contributed by atoms with Gasteiger partial charge in [-0.3, -0.25) is 4.79 Å². The molecule has 2 aromatic rings. The summed E-state index contributed by atoms with van der Waals surface area (Å²) in [5, 5.41) is 12.7. The van der Waals surface area contributed by atoms with E-state index in [9.17, 15) is 19.5 Å². The van der Waals surface area contributed by atoms with E-state index in [0.717, 1.165) is 32.1 Å². The van der Waals surface area contributed by atoms with Crippen LogP contribution in [0, 0.1) is 11.3 Å². The van der Waals surface area contributed by atoms with Crippen LogP contribution in [0.5, 0.6) is 11.6 Å². The van der Waals surface area contributed by atoms with Crippen molar-refractivity contribution in [2.45, 2.75) is 90.0 Å². The van der Waals surface area contributed by atoms with Gasteiger partial charge < -0.3 is 29.5 Å². The molecule has 2 bridgehead atoms. The second-order valence-corrected chi connectivity index (χ2v) is 12.0. The molecule has 2 amide bonds. The Morgan fingerprint density at radius 2 is 1.98 bits per heavy atom. The van der Waals surface area contributed by atoms with Crippen LogP contribution in [0.25, 0.3) is 11.0 Å². The first kappa shape index (κ1) is 24.2. The van der Waals surface area contributed by atoms with Gasteiger partial charge >= 0.3 is 12.1 Å². The summed E-state index contributed by atoms with van der Waals surface area (Å²) in [6.45, 7) is 5.35. The Balaban J connectivity index is 1.48. The van der Waals surface area contributed by atoms with Crippen molar-refractivity contribution in [2.75, 3.05) is 13.6 Å². The normalized spacial score (nSPS) is 29.2. The standard InChI is InChI=1S/C29H38N4O7/c1-29(2,3)24-26(34)33-15-18(14-22(33)27(35)36)39-25-20(30-19-11-10-17(38-4)13-21(19)31-25)9-7-5-6-8-16-12-23(16)40-28(37)32-24/h10-11,13,16,18,22-24H,5-9,12,14-15H2,1-4H3,(H,32,37)(H,35,36)/t16-,18-,22+,23-,24-/m1/s1/i4+1D3. The number of amides is 2. The van der Waals surface area contributed by atoms with Crippen molar-refractivity contribution in [3.63, 3.8) is 0 Å². The fourth-order valence-corrected chi connectivity index (χ4v) is 5.54. The van der Waals surface area contributed by atoms with E-state index < -0.39 is 48.6 Å². The van der Waals surface area contributed by atoms with E-state index in [2.05, 4.69) is 10.3 Å². The zero-order valence-electron chi connectivity index (χ0n) is 26.0. The molecule has 0 radical (unpaired) electrons. The Labute approximate surface area is 237 Å². The first-order valence-electron chi connectivity index (χ1n) is 15.3. The lowest BCUT2D eigenvalue weighted by Gasteiger charge is -2.34. The van der Waals surface area contributed by atoms with Crippen LogP contribution < -0.4 is 14.8 Å². The van der Waals surface area contributed by atoms with E-state index in [1.165, 1.54) is 17.0 Å². The van der Waals surface area contributed by atoms with E-state index in [4.69, 9.17) is 23.3 Å². The number of ether oxygens (including phenoxy) is 3. The summed E-state index contributed by atoms with van der Waals surface area (Å²) in [4.78, 5) is 49.5. The maximum atomic E-state index is 13.8. The molecular weight excluding hydrogens is 517 g/mol. The highest BCUT2D eigenvalue weighted by atomic mass is 16.6. The maximum Gasteiger partial charge on any atom is 0.408 e. The van der Waals surface area contributed by atoms with Crippen molar-refractivity contribution in [1.82, 2.24) is 20.2 Å². The number of fused-ring (bicyclic) bond motifs is 5. The van der Waals surface area contributed by atoms with Crippen LogP contribution in [0.3, 0.4) is 0 Å². The average molecular weight is 559 g/mol. The number of carbonyl (C=O) groups excluding carboxylic acids is 2. The lowest BCUT2D eigenvalue weighted by Crippen LogP contribution is -2.57. The van der Waals surface area contributed by atoms with Crippen LogP contribution in [-0.2, 0) is 20.7 Å². The van der Waals surface area contributed by atoms with Gasteiger partial charge in [-0.15, -0.1) is 0 Å². The van der Waals surface area contributed by atoms with Crippen LogP contribution in [0.15, 0.2) is 18.2 Å². The van der Waals surface area contributed by atoms with E-state index >= 15 is 0 Å². The van der Waals surface area contributed by atoms with Gasteiger partial charge in [0.15, 0.2) is 0 Å². The molecule has 40 heavy (non-hydrogen) atoms. The quantitative estimate of drug-likeness (QED) is 0.528. The zero-order chi connectivity index (χ0) is 31.1. The number of carboxylic acid groups (broad SMARTS) is 1. The van der Waals surface area contributed by atoms with E-state index in [0.29, 0.717) is 23.1 Å². The fraction of sp³-hybridized carbons (Fsp3) is 0.621. The molecule has 11 heteroatoms. The Morgan fingerprint density at radius 3 is 2.73 bits per heavy atom. The molecule has 1 aromatic heterocycles. The number of carboxylic acids is 1. The minimum Gasteiger partial charge on any atom is -0.497 e. The number of hydrogen-bond acceptors (Lipinski definition) is 8. The third kappa shape index (κ3) is 6.08. The van der Waals surface area contributed by atoms with Crippen molar-refractivity contribution in [3.05, 3.63) is 23.9 Å². The van der Waals surface area contributed by atoms with Gasteiger partial charge in [0.25, 0.3) is 0 Å². The van der Waals surface area contributed by atoms with Crippen molar-refractivity contribution in [2.24, 2.45) is 11.3 Å². The average Bonchev–Trinajstić information content (AvgIpc) is 3.47. The van der Waals surface area contributed by atoms with Crippen LogP contribution in [0.4, 0.5) is 4.79 Å². The van der Waals surface area contributed by atoms with Crippen LogP contribution in [0.2, 0.25) is 0 Å². The number of benzene rings is 1. The number of aliphatic carboxylic acids is 1. The Bertz CT molecular complexity index is 1400. The SMILES string of the molecule is [2H][13C]([2H])([2H])Oc1ccc2nc3c(nc2c1)O[C@@H]1C[C@@H](C(=O)O)N(C1)C(=O)[C@H](C(C)(C)C)NC(=O)O[C@@H]1C[C@H]1CCCCC3. The molecule has 5 rings (SSSR count). The van der Waals surface area contributed by atoms with Crippen LogP contribution in [-0.4, -0.2) is 75.8 Å². The number of nitrogens with zero attached hydrogens (tertiary/aromatic N) is 3. The molecule has 1 aliphatic carbocycles. The molecule has 1 saturated heterocycles. The van der Waals surface area contributed by atoms with Gasteiger partial charge in [-0.2, -0.15) is 0 Å². The number of alkyl carbamates (subject to hydrolysis) is 1. The second-order valence-electron chi connectivity index (χ2n) is 12.0. The molecule has 2 N–H and O–H groups in total. The molecule has 2 fully saturated rings. The first-order valence-corrected chi connectivity index (χ1v) is 13.8. The molecule has 216 valence electrons. The van der Waals surface area contributed by atoms with E-state index in [-0.39, 0.29) is 36.6 Å². The highest BCUT2D eigenvalue weighted by Crippen LogP contribution is 2.39. The number of nitrogens with one attached hydrogen (secondary N) is 1. The van der Waals surface area contributed by atoms with Crippen molar-refractivity contribution < 1.29 is 37.8 Å². The number of rotatable bonds is 2. The van der Waals surface area contributed by atoms with Gasteiger partial charge in [0.1, 0.15) is 35.7 Å². The minimum atomic E-state index is -2.64. The monoisotopic (exact) mass is 558 g/mol. The third-order valence-electron chi connectivity index (χ3n) is 7.88. The highest BCUT2D eigenvalue weighted by Gasteiger charge is 2.47. The van der Waals surface area contributed by atoms with Gasteiger partial charge in [-0.1, -0.05) is 33.6 Å². The van der Waals surface area contributed by atoms with Gasteiger partial charge in [0.2, 0.25) is 11.8 Å². The minimum absolute atomic E-state index is 0.00743. The predicted octanol–water partition coefficient (Wildman–Crippen LogP) is 3.72. The number of carbonyl (C=O) groups is 3. The summed E-state index contributed by atoms with van der Waals surface area (Å²) >= 11 is 0. The largest absolute Gasteiger partial charge is 0.497 e. The van der Waals surface area contributed by atoms with E-state index in [1.54, 1.807) is 26.8 Å². The van der Waals surface area contributed by atoms with Gasteiger partial charge in [0.05, 0.1) is 28.7 Å². The molecular formula is C29H38N4O7. The molecule has 3 heterocycles. The molecule has 1 aromatic carbocycles. The zero-order valence-corrected chi connectivity index (χ0v) is 23.0. The number of aryl methyl sites for hydroxylation is 1. The Kier molecular flexibility index (Phi) is 6.71. The lowest BCUT2D eigenvalue weighted by molar-refractivity contribution is -0.150. The summed E-state index contributed by atoms with van der Waals surface area (Å²) in [5.41, 5.74) is 0.768. The molecule has 3 aliphatic rings. The molecule has 0 unspecified atom stereocenters. The third-order valence-corrected chi connectivity index (χ3v) is 7.88. The number of hydrogen-bond donors (Lipinski definition) is 2. The fourth-order valence-electron chi connectivity index (χ4n) is 5.54. The Hall–Kier alpha value is -3.63.